The lowest BCUT2D eigenvalue weighted by Crippen LogP contribution is -2.56. The smallest absolute Gasteiger partial charge is 0.254 e. The standard InChI is InChI=1S/C12H13ClFNO2/c13-8-2-3-9(10(14)6-8)11(17)15-12(7-16)4-1-5-12/h2-3,6,16H,1,4-5,7H2,(H,15,17). The van der Waals surface area contributed by atoms with E-state index in [-0.39, 0.29) is 17.2 Å². The lowest BCUT2D eigenvalue weighted by atomic mass is 9.77. The van der Waals surface area contributed by atoms with Gasteiger partial charge >= 0.3 is 0 Å². The summed E-state index contributed by atoms with van der Waals surface area (Å²) in [6, 6.07) is 3.91. The Labute approximate surface area is 104 Å². The van der Waals surface area contributed by atoms with Gasteiger partial charge < -0.3 is 10.4 Å². The third-order valence-corrected chi connectivity index (χ3v) is 3.40. The summed E-state index contributed by atoms with van der Waals surface area (Å²) in [6.07, 6.45) is 2.42. The normalized spacial score (nSPS) is 17.4. The molecular weight excluding hydrogens is 245 g/mol. The van der Waals surface area contributed by atoms with Crippen molar-refractivity contribution in [2.45, 2.75) is 24.8 Å². The molecule has 0 aliphatic heterocycles. The predicted octanol–water partition coefficient (Wildman–Crippen LogP) is 2.12. The first kappa shape index (κ1) is 12.3. The summed E-state index contributed by atoms with van der Waals surface area (Å²) >= 11 is 5.61. The van der Waals surface area contributed by atoms with E-state index in [0.29, 0.717) is 0 Å². The molecule has 2 N–H and O–H groups in total. The molecule has 1 saturated carbocycles. The van der Waals surface area contributed by atoms with Crippen molar-refractivity contribution in [3.63, 3.8) is 0 Å². The van der Waals surface area contributed by atoms with Gasteiger partial charge in [0.15, 0.2) is 0 Å². The van der Waals surface area contributed by atoms with Crippen molar-refractivity contribution >= 4 is 17.5 Å². The van der Waals surface area contributed by atoms with Crippen LogP contribution in [0.25, 0.3) is 0 Å². The second kappa shape index (κ2) is 4.63. The molecule has 0 aromatic heterocycles. The maximum atomic E-state index is 13.5. The average Bonchev–Trinajstić information content (AvgIpc) is 2.23. The number of hydrogen-bond donors (Lipinski definition) is 2. The van der Waals surface area contributed by atoms with E-state index in [0.717, 1.165) is 25.3 Å². The second-order valence-electron chi connectivity index (χ2n) is 4.37. The van der Waals surface area contributed by atoms with E-state index in [1.54, 1.807) is 0 Å². The van der Waals surface area contributed by atoms with Crippen molar-refractivity contribution in [3.8, 4) is 0 Å². The van der Waals surface area contributed by atoms with Crippen LogP contribution in [-0.4, -0.2) is 23.2 Å². The Morgan fingerprint density at radius 3 is 2.71 bits per heavy atom. The minimum absolute atomic E-state index is 0.0471. The van der Waals surface area contributed by atoms with Crippen LogP contribution in [0.4, 0.5) is 4.39 Å². The number of aliphatic hydroxyl groups is 1. The number of benzene rings is 1. The highest BCUT2D eigenvalue weighted by Gasteiger charge is 2.38. The van der Waals surface area contributed by atoms with Crippen LogP contribution < -0.4 is 5.32 Å². The number of halogens is 2. The maximum Gasteiger partial charge on any atom is 0.254 e. The van der Waals surface area contributed by atoms with Crippen LogP contribution in [0.15, 0.2) is 18.2 Å². The Balaban J connectivity index is 2.14. The van der Waals surface area contributed by atoms with Gasteiger partial charge in [-0.1, -0.05) is 11.6 Å². The number of carbonyl (C=O) groups is 1. The Morgan fingerprint density at radius 1 is 1.53 bits per heavy atom. The first-order valence-corrected chi connectivity index (χ1v) is 5.82. The molecule has 3 nitrogen and oxygen atoms in total. The van der Waals surface area contributed by atoms with Crippen molar-refractivity contribution in [2.75, 3.05) is 6.61 Å². The maximum absolute atomic E-state index is 13.5. The summed E-state index contributed by atoms with van der Waals surface area (Å²) in [4.78, 5) is 11.8. The lowest BCUT2D eigenvalue weighted by Gasteiger charge is -2.40. The van der Waals surface area contributed by atoms with E-state index in [1.807, 2.05) is 0 Å². The monoisotopic (exact) mass is 257 g/mol. The Kier molecular flexibility index (Phi) is 3.35. The van der Waals surface area contributed by atoms with Crippen LogP contribution >= 0.6 is 11.6 Å². The van der Waals surface area contributed by atoms with Gasteiger partial charge in [-0.3, -0.25) is 4.79 Å². The highest BCUT2D eigenvalue weighted by Crippen LogP contribution is 2.31. The third-order valence-electron chi connectivity index (χ3n) is 3.17. The Bertz CT molecular complexity index is 441. The first-order valence-electron chi connectivity index (χ1n) is 5.45. The fraction of sp³-hybridized carbons (Fsp3) is 0.417. The van der Waals surface area contributed by atoms with E-state index in [4.69, 9.17) is 11.6 Å². The molecule has 1 aliphatic carbocycles. The van der Waals surface area contributed by atoms with Crippen molar-refractivity contribution in [1.82, 2.24) is 5.32 Å². The minimum Gasteiger partial charge on any atom is -0.394 e. The summed E-state index contributed by atoms with van der Waals surface area (Å²) in [6.45, 7) is -0.117. The molecule has 5 heteroatoms. The zero-order valence-corrected chi connectivity index (χ0v) is 9.93. The molecule has 1 amide bonds. The number of amides is 1. The van der Waals surface area contributed by atoms with Crippen LogP contribution in [0.3, 0.4) is 0 Å². The first-order chi connectivity index (χ1) is 8.06. The summed E-state index contributed by atoms with van der Waals surface area (Å²) in [5.41, 5.74) is -0.613. The van der Waals surface area contributed by atoms with Gasteiger partial charge in [0.05, 0.1) is 17.7 Å². The molecule has 92 valence electrons. The van der Waals surface area contributed by atoms with E-state index in [2.05, 4.69) is 5.32 Å². The van der Waals surface area contributed by atoms with Gasteiger partial charge in [-0.05, 0) is 37.5 Å². The molecule has 0 unspecified atom stereocenters. The molecule has 0 radical (unpaired) electrons. The highest BCUT2D eigenvalue weighted by molar-refractivity contribution is 6.30. The number of nitrogens with one attached hydrogen (secondary N) is 1. The highest BCUT2D eigenvalue weighted by atomic mass is 35.5. The number of aliphatic hydroxyl groups excluding tert-OH is 1. The molecule has 17 heavy (non-hydrogen) atoms. The second-order valence-corrected chi connectivity index (χ2v) is 4.81. The molecule has 0 heterocycles. The topological polar surface area (TPSA) is 49.3 Å². The van der Waals surface area contributed by atoms with Gasteiger partial charge in [-0.2, -0.15) is 0 Å². The van der Waals surface area contributed by atoms with Gasteiger partial charge in [0.1, 0.15) is 5.82 Å². The summed E-state index contributed by atoms with van der Waals surface area (Å²) in [5, 5.41) is 12.1. The zero-order valence-electron chi connectivity index (χ0n) is 9.17. The van der Waals surface area contributed by atoms with Gasteiger partial charge in [-0.15, -0.1) is 0 Å². The van der Waals surface area contributed by atoms with E-state index in [9.17, 15) is 14.3 Å². The Morgan fingerprint density at radius 2 is 2.24 bits per heavy atom. The molecule has 0 spiro atoms. The molecule has 2 rings (SSSR count). The molecule has 1 aromatic rings. The lowest BCUT2D eigenvalue weighted by molar-refractivity contribution is 0.0638. The largest absolute Gasteiger partial charge is 0.394 e. The van der Waals surface area contributed by atoms with Gasteiger partial charge in [0.2, 0.25) is 0 Å². The predicted molar refractivity (Wildman–Crippen MR) is 62.5 cm³/mol. The van der Waals surface area contributed by atoms with Crippen molar-refractivity contribution < 1.29 is 14.3 Å². The van der Waals surface area contributed by atoms with Crippen LogP contribution in [-0.2, 0) is 0 Å². The van der Waals surface area contributed by atoms with Crippen molar-refractivity contribution in [2.24, 2.45) is 0 Å². The molecule has 1 aromatic carbocycles. The summed E-state index contributed by atoms with van der Waals surface area (Å²) in [5.74, 6) is -1.16. The van der Waals surface area contributed by atoms with Crippen LogP contribution in [0.5, 0.6) is 0 Å². The van der Waals surface area contributed by atoms with Gasteiger partial charge in [-0.25, -0.2) is 4.39 Å². The summed E-state index contributed by atoms with van der Waals surface area (Å²) < 4.78 is 13.5. The molecule has 0 saturated heterocycles. The quantitative estimate of drug-likeness (QED) is 0.872. The van der Waals surface area contributed by atoms with Crippen LogP contribution in [0.2, 0.25) is 5.02 Å². The average molecular weight is 258 g/mol. The zero-order chi connectivity index (χ0) is 12.5. The fourth-order valence-electron chi connectivity index (χ4n) is 1.91. The third kappa shape index (κ3) is 2.42. The van der Waals surface area contributed by atoms with Gasteiger partial charge in [0, 0.05) is 5.02 Å². The van der Waals surface area contributed by atoms with Gasteiger partial charge in [0.25, 0.3) is 5.91 Å². The fourth-order valence-corrected chi connectivity index (χ4v) is 2.07. The molecule has 1 aliphatic rings. The van der Waals surface area contributed by atoms with Crippen molar-refractivity contribution in [1.29, 1.82) is 0 Å². The van der Waals surface area contributed by atoms with E-state index >= 15 is 0 Å². The number of carbonyl (C=O) groups excluding carboxylic acids is 1. The van der Waals surface area contributed by atoms with Crippen LogP contribution in [0.1, 0.15) is 29.6 Å². The SMILES string of the molecule is O=C(NC1(CO)CCC1)c1ccc(Cl)cc1F. The number of rotatable bonds is 3. The molecule has 0 bridgehead atoms. The van der Waals surface area contributed by atoms with Crippen molar-refractivity contribution in [3.05, 3.63) is 34.6 Å². The van der Waals surface area contributed by atoms with E-state index in [1.165, 1.54) is 12.1 Å². The van der Waals surface area contributed by atoms with Crippen LogP contribution in [0, 0.1) is 5.82 Å². The molecular formula is C12H13ClFNO2. The number of hydrogen-bond acceptors (Lipinski definition) is 2. The summed E-state index contributed by atoms with van der Waals surface area (Å²) in [7, 11) is 0. The Hall–Kier alpha value is -1.13. The van der Waals surface area contributed by atoms with E-state index < -0.39 is 17.3 Å². The minimum atomic E-state index is -0.651. The molecule has 1 fully saturated rings. The molecule has 0 atom stereocenters.